The van der Waals surface area contributed by atoms with Crippen molar-refractivity contribution in [2.45, 2.75) is 43.4 Å². The van der Waals surface area contributed by atoms with Gasteiger partial charge in [-0.3, -0.25) is 4.79 Å². The summed E-state index contributed by atoms with van der Waals surface area (Å²) < 4.78 is 10.8. The van der Waals surface area contributed by atoms with Gasteiger partial charge in [0.1, 0.15) is 0 Å². The molecule has 4 atom stereocenters. The van der Waals surface area contributed by atoms with E-state index in [4.69, 9.17) is 9.47 Å². The Morgan fingerprint density at radius 3 is 2.70 bits per heavy atom. The summed E-state index contributed by atoms with van der Waals surface area (Å²) in [4.78, 5) is 14.7. The molecule has 0 aliphatic carbocycles. The minimum atomic E-state index is -0.304. The molecule has 0 saturated carbocycles. The first-order valence-electron chi connectivity index (χ1n) is 8.11. The van der Waals surface area contributed by atoms with Crippen molar-refractivity contribution in [3.63, 3.8) is 0 Å². The molecule has 1 amide bonds. The first-order valence-corrected chi connectivity index (χ1v) is 8.11. The summed E-state index contributed by atoms with van der Waals surface area (Å²) in [6.07, 6.45) is 2.68. The Labute approximate surface area is 135 Å². The molecule has 0 radical (unpaired) electrons. The molecule has 2 N–H and O–H groups in total. The van der Waals surface area contributed by atoms with Crippen LogP contribution < -0.4 is 14.8 Å². The van der Waals surface area contributed by atoms with E-state index < -0.39 is 0 Å². The lowest BCUT2D eigenvalue weighted by atomic mass is 9.84. The molecule has 0 aromatic heterocycles. The van der Waals surface area contributed by atoms with Crippen LogP contribution in [0.15, 0.2) is 12.1 Å². The molecule has 2 saturated heterocycles. The SMILES string of the molecule is COc1cc2c(cc1OC)[C@H](CO)N1C(=O)[C@H]3CC[C@H](N3)[C@@H]1C2. The smallest absolute Gasteiger partial charge is 0.240 e. The quantitative estimate of drug-likeness (QED) is 0.855. The Morgan fingerprint density at radius 1 is 1.26 bits per heavy atom. The van der Waals surface area contributed by atoms with Gasteiger partial charge in [-0.15, -0.1) is 0 Å². The number of aliphatic hydroxyl groups excluding tert-OH is 1. The lowest BCUT2D eigenvalue weighted by Crippen LogP contribution is -2.64. The van der Waals surface area contributed by atoms with Gasteiger partial charge in [-0.25, -0.2) is 0 Å². The van der Waals surface area contributed by atoms with E-state index in [1.54, 1.807) is 14.2 Å². The largest absolute Gasteiger partial charge is 0.493 e. The van der Waals surface area contributed by atoms with E-state index in [9.17, 15) is 9.90 Å². The first-order chi connectivity index (χ1) is 11.2. The number of benzene rings is 1. The molecule has 124 valence electrons. The number of piperazine rings is 1. The Kier molecular flexibility index (Phi) is 3.46. The Morgan fingerprint density at radius 2 is 2.00 bits per heavy atom. The summed E-state index contributed by atoms with van der Waals surface area (Å²) in [5.41, 5.74) is 2.10. The van der Waals surface area contributed by atoms with E-state index in [2.05, 4.69) is 5.32 Å². The van der Waals surface area contributed by atoms with Crippen molar-refractivity contribution in [3.05, 3.63) is 23.3 Å². The molecule has 0 spiro atoms. The van der Waals surface area contributed by atoms with Crippen molar-refractivity contribution in [3.8, 4) is 11.5 Å². The van der Waals surface area contributed by atoms with Crippen LogP contribution in [0.3, 0.4) is 0 Å². The van der Waals surface area contributed by atoms with Crippen molar-refractivity contribution in [1.82, 2.24) is 10.2 Å². The standard InChI is InChI=1S/C17H22N2O4/c1-22-15-6-9-5-13-11-3-4-12(18-11)17(21)19(13)14(8-20)10(9)7-16(15)23-2/h6-7,11-14,18,20H,3-5,8H2,1-2H3/t11-,12+,13-,14-/m0/s1. The van der Waals surface area contributed by atoms with Gasteiger partial charge in [-0.1, -0.05) is 0 Å². The number of carbonyl (C=O) groups excluding carboxylic acids is 1. The molecule has 1 aromatic rings. The number of nitrogens with one attached hydrogen (secondary N) is 1. The summed E-state index contributed by atoms with van der Waals surface area (Å²) in [6.45, 7) is -0.0792. The monoisotopic (exact) mass is 318 g/mol. The number of hydrogen-bond acceptors (Lipinski definition) is 5. The van der Waals surface area contributed by atoms with Crippen LogP contribution in [-0.2, 0) is 11.2 Å². The summed E-state index contributed by atoms with van der Waals surface area (Å²) in [5.74, 6) is 1.44. The Hall–Kier alpha value is -1.79. The third kappa shape index (κ3) is 2.05. The van der Waals surface area contributed by atoms with Crippen LogP contribution in [0.25, 0.3) is 0 Å². The zero-order valence-corrected chi connectivity index (χ0v) is 13.4. The number of hydrogen-bond donors (Lipinski definition) is 2. The maximum Gasteiger partial charge on any atom is 0.240 e. The van der Waals surface area contributed by atoms with Crippen molar-refractivity contribution in [1.29, 1.82) is 0 Å². The number of ether oxygens (including phenoxy) is 2. The minimum absolute atomic E-state index is 0.0792. The molecule has 3 aliphatic heterocycles. The average Bonchev–Trinajstić information content (AvgIpc) is 3.03. The van der Waals surface area contributed by atoms with E-state index >= 15 is 0 Å². The third-order valence-electron chi connectivity index (χ3n) is 5.50. The maximum atomic E-state index is 12.8. The highest BCUT2D eigenvalue weighted by Gasteiger charge is 2.50. The highest BCUT2D eigenvalue weighted by atomic mass is 16.5. The fraction of sp³-hybridized carbons (Fsp3) is 0.588. The molecule has 3 aliphatic rings. The number of fused-ring (bicyclic) bond motifs is 5. The van der Waals surface area contributed by atoms with Gasteiger partial charge >= 0.3 is 0 Å². The van der Waals surface area contributed by atoms with Crippen molar-refractivity contribution in [2.75, 3.05) is 20.8 Å². The number of amides is 1. The predicted octanol–water partition coefficient (Wildman–Crippen LogP) is 0.625. The van der Waals surface area contributed by atoms with Gasteiger partial charge < -0.3 is 24.8 Å². The second-order valence-electron chi connectivity index (χ2n) is 6.52. The summed E-state index contributed by atoms with van der Waals surface area (Å²) >= 11 is 0. The lowest BCUT2D eigenvalue weighted by Gasteiger charge is -2.48. The second-order valence-corrected chi connectivity index (χ2v) is 6.52. The van der Waals surface area contributed by atoms with Gasteiger partial charge in [0.05, 0.1) is 39.0 Å². The molecular weight excluding hydrogens is 296 g/mol. The van der Waals surface area contributed by atoms with Crippen LogP contribution in [-0.4, -0.2) is 54.9 Å². The van der Waals surface area contributed by atoms with Crippen LogP contribution in [0.4, 0.5) is 0 Å². The van der Waals surface area contributed by atoms with Crippen molar-refractivity contribution >= 4 is 5.91 Å². The Bertz CT molecular complexity index is 648. The molecule has 6 heteroatoms. The first kappa shape index (κ1) is 14.8. The summed E-state index contributed by atoms with van der Waals surface area (Å²) in [5, 5.41) is 13.4. The van der Waals surface area contributed by atoms with Crippen LogP contribution in [0, 0.1) is 0 Å². The second kappa shape index (κ2) is 5.39. The van der Waals surface area contributed by atoms with Gasteiger partial charge in [0.2, 0.25) is 5.91 Å². The van der Waals surface area contributed by atoms with Crippen LogP contribution >= 0.6 is 0 Å². The number of carbonyl (C=O) groups is 1. The van der Waals surface area contributed by atoms with Crippen LogP contribution in [0.5, 0.6) is 11.5 Å². The summed E-state index contributed by atoms with van der Waals surface area (Å²) in [7, 11) is 3.22. The maximum absolute atomic E-state index is 12.8. The highest BCUT2D eigenvalue weighted by molar-refractivity contribution is 5.85. The third-order valence-corrected chi connectivity index (χ3v) is 5.50. The normalized spacial score (nSPS) is 31.6. The van der Waals surface area contributed by atoms with E-state index in [1.165, 1.54) is 0 Å². The zero-order valence-electron chi connectivity index (χ0n) is 13.4. The lowest BCUT2D eigenvalue weighted by molar-refractivity contribution is -0.144. The number of methoxy groups -OCH3 is 2. The van der Waals surface area contributed by atoms with E-state index in [0.29, 0.717) is 17.5 Å². The van der Waals surface area contributed by atoms with E-state index in [0.717, 1.165) is 30.4 Å². The van der Waals surface area contributed by atoms with Gasteiger partial charge in [0.25, 0.3) is 0 Å². The molecule has 0 unspecified atom stereocenters. The van der Waals surface area contributed by atoms with Crippen LogP contribution in [0.1, 0.15) is 30.0 Å². The zero-order chi connectivity index (χ0) is 16.1. The molecule has 1 aromatic carbocycles. The van der Waals surface area contributed by atoms with Gasteiger partial charge in [0.15, 0.2) is 11.5 Å². The summed E-state index contributed by atoms with van der Waals surface area (Å²) in [6, 6.07) is 3.91. The fourth-order valence-electron chi connectivity index (χ4n) is 4.42. The topological polar surface area (TPSA) is 71.0 Å². The van der Waals surface area contributed by atoms with Crippen LogP contribution in [0.2, 0.25) is 0 Å². The fourth-order valence-corrected chi connectivity index (χ4v) is 4.42. The molecule has 23 heavy (non-hydrogen) atoms. The Balaban J connectivity index is 1.82. The van der Waals surface area contributed by atoms with Gasteiger partial charge in [-0.05, 0) is 42.5 Å². The minimum Gasteiger partial charge on any atom is -0.493 e. The highest BCUT2D eigenvalue weighted by Crippen LogP contribution is 2.43. The predicted molar refractivity (Wildman–Crippen MR) is 83.7 cm³/mol. The van der Waals surface area contributed by atoms with E-state index in [-0.39, 0.29) is 30.6 Å². The molecule has 2 fully saturated rings. The molecule has 3 heterocycles. The molecule has 2 bridgehead atoms. The number of rotatable bonds is 3. The van der Waals surface area contributed by atoms with E-state index in [1.807, 2.05) is 17.0 Å². The average molecular weight is 318 g/mol. The van der Waals surface area contributed by atoms with Gasteiger partial charge in [-0.2, -0.15) is 0 Å². The van der Waals surface area contributed by atoms with Crippen molar-refractivity contribution in [2.24, 2.45) is 0 Å². The molecule has 4 rings (SSSR count). The number of aliphatic hydroxyl groups is 1. The molecular formula is C17H22N2O4. The molecule has 6 nitrogen and oxygen atoms in total. The van der Waals surface area contributed by atoms with Crippen molar-refractivity contribution < 1.29 is 19.4 Å². The number of nitrogens with zero attached hydrogens (tertiary/aromatic N) is 1. The van der Waals surface area contributed by atoms with Gasteiger partial charge in [0, 0.05) is 6.04 Å².